The van der Waals surface area contributed by atoms with E-state index in [1.165, 1.54) is 0 Å². The van der Waals surface area contributed by atoms with Crippen LogP contribution < -0.4 is 4.74 Å². The summed E-state index contributed by atoms with van der Waals surface area (Å²) in [7, 11) is 1.57. The van der Waals surface area contributed by atoms with Gasteiger partial charge in [0.25, 0.3) is 0 Å². The number of ether oxygens (including phenoxy) is 1. The van der Waals surface area contributed by atoms with Crippen LogP contribution in [-0.4, -0.2) is 17.3 Å². The van der Waals surface area contributed by atoms with E-state index in [1.807, 2.05) is 12.1 Å². The van der Waals surface area contributed by atoms with Gasteiger partial charge < -0.3 is 14.9 Å². The third-order valence-corrected chi connectivity index (χ3v) is 2.73. The molecule has 76 valence electrons. The van der Waals surface area contributed by atoms with Crippen LogP contribution in [0.3, 0.4) is 0 Å². The van der Waals surface area contributed by atoms with Gasteiger partial charge in [0.05, 0.1) is 19.3 Å². The average Bonchev–Trinajstić information content (AvgIpc) is 2.23. The van der Waals surface area contributed by atoms with Crippen LogP contribution in [0.2, 0.25) is 0 Å². The summed E-state index contributed by atoms with van der Waals surface area (Å²) < 4.78 is 5.16. The van der Waals surface area contributed by atoms with E-state index in [0.717, 1.165) is 11.1 Å². The molecular weight excluding hydrogens is 180 g/mol. The van der Waals surface area contributed by atoms with Crippen molar-refractivity contribution in [2.75, 3.05) is 7.11 Å². The highest BCUT2D eigenvalue weighted by molar-refractivity contribution is 5.44. The Labute approximate surface area is 83.0 Å². The molecule has 0 aromatic heterocycles. The second kappa shape index (κ2) is 3.59. The van der Waals surface area contributed by atoms with Crippen LogP contribution in [0, 0.1) is 0 Å². The number of aliphatic hydroxyl groups is 2. The highest BCUT2D eigenvalue weighted by Crippen LogP contribution is 2.40. The Morgan fingerprint density at radius 2 is 1.93 bits per heavy atom. The Kier molecular flexibility index (Phi) is 2.44. The first-order chi connectivity index (χ1) is 6.74. The molecule has 1 aliphatic rings. The lowest BCUT2D eigenvalue weighted by atomic mass is 9.87. The maximum Gasteiger partial charge on any atom is 0.125 e. The van der Waals surface area contributed by atoms with E-state index in [4.69, 9.17) is 4.74 Å². The molecule has 1 aromatic rings. The Morgan fingerprint density at radius 3 is 2.64 bits per heavy atom. The molecule has 14 heavy (non-hydrogen) atoms. The van der Waals surface area contributed by atoms with Gasteiger partial charge >= 0.3 is 0 Å². The Hall–Kier alpha value is -1.06. The first-order valence-electron chi connectivity index (χ1n) is 4.77. The third kappa shape index (κ3) is 1.38. The summed E-state index contributed by atoms with van der Waals surface area (Å²) in [6.45, 7) is 0. The molecule has 1 aliphatic carbocycles. The Bertz CT molecular complexity index is 335. The molecule has 2 N–H and O–H groups in total. The van der Waals surface area contributed by atoms with Crippen LogP contribution in [0.15, 0.2) is 18.2 Å². The van der Waals surface area contributed by atoms with Crippen molar-refractivity contribution < 1.29 is 14.9 Å². The second-order valence-corrected chi connectivity index (χ2v) is 3.57. The van der Waals surface area contributed by atoms with Crippen molar-refractivity contribution in [3.8, 4) is 5.75 Å². The van der Waals surface area contributed by atoms with Crippen LogP contribution in [0.25, 0.3) is 0 Å². The van der Waals surface area contributed by atoms with E-state index >= 15 is 0 Å². The van der Waals surface area contributed by atoms with Gasteiger partial charge in [-0.15, -0.1) is 0 Å². The number of hydrogen-bond acceptors (Lipinski definition) is 3. The molecule has 1 aromatic carbocycles. The number of methoxy groups -OCH3 is 1. The third-order valence-electron chi connectivity index (χ3n) is 2.73. The maximum atomic E-state index is 9.80. The minimum Gasteiger partial charge on any atom is -0.496 e. The monoisotopic (exact) mass is 194 g/mol. The van der Waals surface area contributed by atoms with Crippen molar-refractivity contribution in [2.24, 2.45) is 0 Å². The summed E-state index contributed by atoms with van der Waals surface area (Å²) >= 11 is 0. The van der Waals surface area contributed by atoms with E-state index in [1.54, 1.807) is 13.2 Å². The lowest BCUT2D eigenvalue weighted by molar-refractivity contribution is 0.0886. The molecule has 0 radical (unpaired) electrons. The van der Waals surface area contributed by atoms with Crippen LogP contribution in [0.1, 0.15) is 36.2 Å². The molecule has 0 fully saturated rings. The molecule has 0 saturated carbocycles. The summed E-state index contributed by atoms with van der Waals surface area (Å²) in [5.74, 6) is 0.661. The van der Waals surface area contributed by atoms with Gasteiger partial charge in [0.1, 0.15) is 5.75 Å². The summed E-state index contributed by atoms with van der Waals surface area (Å²) in [5, 5.41) is 19.5. The molecule has 0 saturated heterocycles. The van der Waals surface area contributed by atoms with Gasteiger partial charge in [0, 0.05) is 5.56 Å². The highest BCUT2D eigenvalue weighted by atomic mass is 16.5. The van der Waals surface area contributed by atoms with Gasteiger partial charge in [-0.3, -0.25) is 0 Å². The molecule has 2 rings (SSSR count). The van der Waals surface area contributed by atoms with Gasteiger partial charge in [0.2, 0.25) is 0 Å². The van der Waals surface area contributed by atoms with Crippen molar-refractivity contribution in [1.82, 2.24) is 0 Å². The fraction of sp³-hybridized carbons (Fsp3) is 0.455. The first-order valence-corrected chi connectivity index (χ1v) is 4.77. The topological polar surface area (TPSA) is 49.7 Å². The SMILES string of the molecule is COc1cccc2c1C(O)CCC2O. The molecule has 3 nitrogen and oxygen atoms in total. The van der Waals surface area contributed by atoms with Crippen molar-refractivity contribution in [3.63, 3.8) is 0 Å². The fourth-order valence-electron chi connectivity index (χ4n) is 2.00. The standard InChI is InChI=1S/C11H14O3/c1-14-10-4-2-3-7-8(12)5-6-9(13)11(7)10/h2-4,8-9,12-13H,5-6H2,1H3. The van der Waals surface area contributed by atoms with Crippen LogP contribution >= 0.6 is 0 Å². The zero-order valence-electron chi connectivity index (χ0n) is 8.10. The summed E-state index contributed by atoms with van der Waals surface area (Å²) in [5.41, 5.74) is 1.54. The van der Waals surface area contributed by atoms with Gasteiger partial charge in [-0.2, -0.15) is 0 Å². The van der Waals surface area contributed by atoms with Gasteiger partial charge in [-0.25, -0.2) is 0 Å². The lowest BCUT2D eigenvalue weighted by Crippen LogP contribution is -2.14. The molecule has 2 atom stereocenters. The maximum absolute atomic E-state index is 9.80. The average molecular weight is 194 g/mol. The van der Waals surface area contributed by atoms with Crippen LogP contribution in [0.5, 0.6) is 5.75 Å². The summed E-state index contributed by atoms with van der Waals surface area (Å²) in [4.78, 5) is 0. The zero-order chi connectivity index (χ0) is 10.1. The van der Waals surface area contributed by atoms with Crippen LogP contribution in [0.4, 0.5) is 0 Å². The summed E-state index contributed by atoms with van der Waals surface area (Å²) in [6.07, 6.45) is 0.226. The predicted octanol–water partition coefficient (Wildman–Crippen LogP) is 1.56. The van der Waals surface area contributed by atoms with E-state index in [2.05, 4.69) is 0 Å². The molecule has 2 unspecified atom stereocenters. The Balaban J connectivity index is 2.54. The van der Waals surface area contributed by atoms with Crippen molar-refractivity contribution >= 4 is 0 Å². The van der Waals surface area contributed by atoms with Crippen molar-refractivity contribution in [2.45, 2.75) is 25.0 Å². The van der Waals surface area contributed by atoms with Crippen LogP contribution in [-0.2, 0) is 0 Å². The molecule has 0 amide bonds. The molecule has 0 spiro atoms. The highest BCUT2D eigenvalue weighted by Gasteiger charge is 2.27. The van der Waals surface area contributed by atoms with E-state index < -0.39 is 12.2 Å². The number of aliphatic hydroxyl groups excluding tert-OH is 2. The molecule has 0 bridgehead atoms. The molecule has 3 heteroatoms. The first kappa shape index (κ1) is 9.49. The van der Waals surface area contributed by atoms with Gasteiger partial charge in [0.15, 0.2) is 0 Å². The van der Waals surface area contributed by atoms with E-state index in [9.17, 15) is 10.2 Å². The van der Waals surface area contributed by atoms with Gasteiger partial charge in [-0.05, 0) is 24.5 Å². The number of benzene rings is 1. The number of hydrogen-bond donors (Lipinski definition) is 2. The van der Waals surface area contributed by atoms with Gasteiger partial charge in [-0.1, -0.05) is 12.1 Å². The lowest BCUT2D eigenvalue weighted by Gasteiger charge is -2.27. The van der Waals surface area contributed by atoms with E-state index in [-0.39, 0.29) is 0 Å². The molecular formula is C11H14O3. The minimum atomic E-state index is -0.510. The summed E-state index contributed by atoms with van der Waals surface area (Å²) in [6, 6.07) is 5.48. The fourth-order valence-corrected chi connectivity index (χ4v) is 2.00. The number of rotatable bonds is 1. The Morgan fingerprint density at radius 1 is 1.21 bits per heavy atom. The van der Waals surface area contributed by atoms with Crippen molar-refractivity contribution in [1.29, 1.82) is 0 Å². The normalized spacial score (nSPS) is 25.6. The zero-order valence-corrected chi connectivity index (χ0v) is 8.10. The predicted molar refractivity (Wildman–Crippen MR) is 52.1 cm³/mol. The largest absolute Gasteiger partial charge is 0.496 e. The quantitative estimate of drug-likeness (QED) is 0.713. The molecule has 0 aliphatic heterocycles. The second-order valence-electron chi connectivity index (χ2n) is 3.57. The molecule has 0 heterocycles. The number of fused-ring (bicyclic) bond motifs is 1. The minimum absolute atomic E-state index is 0.469. The smallest absolute Gasteiger partial charge is 0.125 e. The van der Waals surface area contributed by atoms with Crippen molar-refractivity contribution in [3.05, 3.63) is 29.3 Å². The van der Waals surface area contributed by atoms with E-state index in [0.29, 0.717) is 18.6 Å².